The first-order chi connectivity index (χ1) is 12.8. The number of hydrogen-bond donors (Lipinski definition) is 2. The molecule has 1 atom stereocenters. The van der Waals surface area contributed by atoms with Gasteiger partial charge >= 0.3 is 5.97 Å². The Morgan fingerprint density at radius 2 is 2.04 bits per heavy atom. The van der Waals surface area contributed by atoms with Crippen molar-refractivity contribution in [3.63, 3.8) is 0 Å². The minimum absolute atomic E-state index is 0.382. The second kappa shape index (κ2) is 8.06. The summed E-state index contributed by atoms with van der Waals surface area (Å²) in [5, 5.41) is 3.12. The average molecular weight is 405 g/mol. The van der Waals surface area contributed by atoms with Gasteiger partial charge in [-0.05, 0) is 56.9 Å². The van der Waals surface area contributed by atoms with Gasteiger partial charge in [0.1, 0.15) is 5.00 Å². The van der Waals surface area contributed by atoms with Gasteiger partial charge in [-0.3, -0.25) is 9.59 Å². The summed E-state index contributed by atoms with van der Waals surface area (Å²) < 4.78 is 5.15. The maximum atomic E-state index is 12.4. The average Bonchev–Trinajstić information content (AvgIpc) is 3.28. The Hall–Kier alpha value is -2.45. The molecule has 0 aromatic carbocycles. The van der Waals surface area contributed by atoms with E-state index in [0.29, 0.717) is 10.6 Å². The molecule has 0 saturated carbocycles. The number of carbonyl (C=O) groups excluding carboxylic acids is 3. The fraction of sp³-hybridized carbons (Fsp3) is 0.316. The van der Waals surface area contributed by atoms with Gasteiger partial charge in [-0.25, -0.2) is 4.79 Å². The van der Waals surface area contributed by atoms with E-state index in [1.807, 2.05) is 19.1 Å². The number of rotatable bonds is 6. The van der Waals surface area contributed by atoms with Crippen LogP contribution >= 0.6 is 22.7 Å². The maximum Gasteiger partial charge on any atom is 0.331 e. The number of amides is 2. The second-order valence-corrected chi connectivity index (χ2v) is 8.70. The zero-order chi connectivity index (χ0) is 19.6. The molecule has 27 heavy (non-hydrogen) atoms. The van der Waals surface area contributed by atoms with Crippen LogP contribution in [0.2, 0.25) is 0 Å². The Labute approximate surface area is 165 Å². The van der Waals surface area contributed by atoms with Gasteiger partial charge in [0.05, 0.1) is 5.56 Å². The predicted molar refractivity (Wildman–Crippen MR) is 107 cm³/mol. The monoisotopic (exact) mass is 404 g/mol. The highest BCUT2D eigenvalue weighted by atomic mass is 32.1. The molecule has 0 radical (unpaired) electrons. The van der Waals surface area contributed by atoms with Crippen LogP contribution in [0.4, 0.5) is 5.00 Å². The molecular formula is C19H20N2O4S2. The molecule has 2 aromatic heterocycles. The Morgan fingerprint density at radius 1 is 1.26 bits per heavy atom. The maximum absolute atomic E-state index is 12.4. The quantitative estimate of drug-likeness (QED) is 0.570. The second-order valence-electron chi connectivity index (χ2n) is 6.28. The van der Waals surface area contributed by atoms with E-state index in [1.165, 1.54) is 24.3 Å². The highest BCUT2D eigenvalue weighted by Gasteiger charge is 2.27. The fourth-order valence-corrected chi connectivity index (χ4v) is 5.00. The smallest absolute Gasteiger partial charge is 0.331 e. The molecule has 2 aromatic rings. The van der Waals surface area contributed by atoms with Gasteiger partial charge < -0.3 is 15.8 Å². The first kappa shape index (κ1) is 19.3. The summed E-state index contributed by atoms with van der Waals surface area (Å²) in [4.78, 5) is 39.2. The van der Waals surface area contributed by atoms with Crippen molar-refractivity contribution in [2.24, 2.45) is 5.73 Å². The number of thiophene rings is 2. The number of esters is 1. The minimum atomic E-state index is -0.995. The minimum Gasteiger partial charge on any atom is -0.449 e. The van der Waals surface area contributed by atoms with Crippen molar-refractivity contribution in [3.8, 4) is 0 Å². The van der Waals surface area contributed by atoms with Crippen LogP contribution in [-0.4, -0.2) is 23.9 Å². The summed E-state index contributed by atoms with van der Waals surface area (Å²) >= 11 is 2.92. The zero-order valence-electron chi connectivity index (χ0n) is 15.0. The lowest BCUT2D eigenvalue weighted by Gasteiger charge is -2.12. The molecule has 0 fully saturated rings. The molecule has 3 N–H and O–H groups in total. The van der Waals surface area contributed by atoms with Gasteiger partial charge in [0.25, 0.3) is 11.8 Å². The summed E-state index contributed by atoms with van der Waals surface area (Å²) in [5.74, 6) is -1.65. The number of anilines is 1. The van der Waals surface area contributed by atoms with Crippen LogP contribution in [0.3, 0.4) is 0 Å². The number of primary amides is 1. The standard InChI is InChI=1S/C19H20N2O4S2/c1-10-6-7-12(26-10)8-9-15(22)25-11(2)18(24)21-19-16(17(20)23)13-4-3-5-14(13)27-19/h6-9,11H,3-5H2,1-2H3,(H2,20,23)(H,21,24)/b9-8+/t11-/m1/s1. The van der Waals surface area contributed by atoms with Crippen LogP contribution in [-0.2, 0) is 27.2 Å². The van der Waals surface area contributed by atoms with Gasteiger partial charge in [-0.2, -0.15) is 0 Å². The normalized spacial score (nSPS) is 14.1. The van der Waals surface area contributed by atoms with Crippen LogP contribution in [0.5, 0.6) is 0 Å². The van der Waals surface area contributed by atoms with E-state index in [1.54, 1.807) is 17.4 Å². The van der Waals surface area contributed by atoms with Gasteiger partial charge in [-0.15, -0.1) is 22.7 Å². The number of nitrogens with one attached hydrogen (secondary N) is 1. The Bertz CT molecular complexity index is 926. The van der Waals surface area contributed by atoms with Crippen LogP contribution in [0.1, 0.15) is 43.9 Å². The lowest BCUT2D eigenvalue weighted by atomic mass is 10.1. The van der Waals surface area contributed by atoms with Gasteiger partial charge in [0.15, 0.2) is 6.10 Å². The first-order valence-electron chi connectivity index (χ1n) is 8.55. The van der Waals surface area contributed by atoms with Crippen molar-refractivity contribution in [1.82, 2.24) is 0 Å². The van der Waals surface area contributed by atoms with E-state index in [9.17, 15) is 14.4 Å². The number of carbonyl (C=O) groups is 3. The molecule has 0 spiro atoms. The van der Waals surface area contributed by atoms with E-state index in [0.717, 1.165) is 39.5 Å². The molecule has 6 nitrogen and oxygen atoms in total. The molecule has 2 amide bonds. The number of hydrogen-bond acceptors (Lipinski definition) is 6. The molecule has 0 unspecified atom stereocenters. The van der Waals surface area contributed by atoms with Crippen molar-refractivity contribution in [2.75, 3.05) is 5.32 Å². The molecule has 0 saturated heterocycles. The third-order valence-electron chi connectivity index (χ3n) is 4.21. The third kappa shape index (κ3) is 4.45. The van der Waals surface area contributed by atoms with Crippen molar-refractivity contribution in [2.45, 2.75) is 39.2 Å². The summed E-state index contributed by atoms with van der Waals surface area (Å²) in [7, 11) is 0. The zero-order valence-corrected chi connectivity index (χ0v) is 16.7. The first-order valence-corrected chi connectivity index (χ1v) is 10.2. The van der Waals surface area contributed by atoms with Crippen molar-refractivity contribution in [3.05, 3.63) is 44.0 Å². The molecule has 0 aliphatic heterocycles. The lowest BCUT2D eigenvalue weighted by Crippen LogP contribution is -2.30. The number of nitrogens with two attached hydrogens (primary N) is 1. The van der Waals surface area contributed by atoms with E-state index in [2.05, 4.69) is 5.32 Å². The van der Waals surface area contributed by atoms with Crippen molar-refractivity contribution in [1.29, 1.82) is 0 Å². The van der Waals surface area contributed by atoms with Crippen LogP contribution in [0, 0.1) is 6.92 Å². The Kier molecular flexibility index (Phi) is 5.76. The number of fused-ring (bicyclic) bond motifs is 1. The molecule has 8 heteroatoms. The Morgan fingerprint density at radius 3 is 2.70 bits per heavy atom. The third-order valence-corrected chi connectivity index (χ3v) is 6.38. The van der Waals surface area contributed by atoms with E-state index in [-0.39, 0.29) is 0 Å². The molecular weight excluding hydrogens is 384 g/mol. The highest BCUT2D eigenvalue weighted by Crippen LogP contribution is 2.38. The number of aryl methyl sites for hydroxylation is 2. The summed E-state index contributed by atoms with van der Waals surface area (Å²) in [5.41, 5.74) is 6.80. The van der Waals surface area contributed by atoms with Crippen LogP contribution in [0.25, 0.3) is 6.08 Å². The largest absolute Gasteiger partial charge is 0.449 e. The molecule has 2 heterocycles. The topological polar surface area (TPSA) is 98.5 Å². The SMILES string of the molecule is Cc1ccc(/C=C/C(=O)O[C@H](C)C(=O)Nc2sc3c(c2C(N)=O)CCC3)s1. The van der Waals surface area contributed by atoms with E-state index < -0.39 is 23.9 Å². The molecule has 0 bridgehead atoms. The lowest BCUT2D eigenvalue weighted by molar-refractivity contribution is -0.148. The fourth-order valence-electron chi connectivity index (χ4n) is 2.93. The molecule has 1 aliphatic carbocycles. The molecule has 1 aliphatic rings. The van der Waals surface area contributed by atoms with Gasteiger partial charge in [0.2, 0.25) is 0 Å². The van der Waals surface area contributed by atoms with E-state index >= 15 is 0 Å². The molecule has 3 rings (SSSR count). The van der Waals surface area contributed by atoms with Crippen molar-refractivity contribution >= 4 is 51.5 Å². The molecule has 142 valence electrons. The van der Waals surface area contributed by atoms with Gasteiger partial charge in [-0.1, -0.05) is 0 Å². The number of ether oxygens (including phenoxy) is 1. The van der Waals surface area contributed by atoms with Crippen molar-refractivity contribution < 1.29 is 19.1 Å². The predicted octanol–water partition coefficient (Wildman–Crippen LogP) is 3.29. The van der Waals surface area contributed by atoms with Crippen LogP contribution in [0.15, 0.2) is 18.2 Å². The summed E-state index contributed by atoms with van der Waals surface area (Å²) in [6.45, 7) is 3.47. The summed E-state index contributed by atoms with van der Waals surface area (Å²) in [6, 6.07) is 3.86. The Balaban J connectivity index is 1.62. The van der Waals surface area contributed by atoms with E-state index in [4.69, 9.17) is 10.5 Å². The summed E-state index contributed by atoms with van der Waals surface area (Å²) in [6.07, 6.45) is 4.61. The highest BCUT2D eigenvalue weighted by molar-refractivity contribution is 7.17. The van der Waals surface area contributed by atoms with Gasteiger partial charge in [0, 0.05) is 20.7 Å². The van der Waals surface area contributed by atoms with Crippen LogP contribution < -0.4 is 11.1 Å².